The Morgan fingerprint density at radius 2 is 2.27 bits per heavy atom. The molecule has 0 N–H and O–H groups in total. The van der Waals surface area contributed by atoms with Gasteiger partial charge in [-0.25, -0.2) is 0 Å². The van der Waals surface area contributed by atoms with E-state index in [0.717, 1.165) is 18.6 Å². The van der Waals surface area contributed by atoms with Gasteiger partial charge in [0.05, 0.1) is 12.9 Å². The average molecular weight is 168 g/mol. The molecule has 0 amide bonds. The number of hydrogen-bond acceptors (Lipinski definition) is 2. The lowest BCUT2D eigenvalue weighted by Crippen LogP contribution is -1.93. The van der Waals surface area contributed by atoms with Gasteiger partial charge in [-0.3, -0.25) is 0 Å². The molecule has 1 nitrogen and oxygen atoms in total. The molecule has 1 aliphatic carbocycles. The molecule has 0 saturated carbocycles. The first-order chi connectivity index (χ1) is 5.36. The smallest absolute Gasteiger partial charge is 0.0958 e. The van der Waals surface area contributed by atoms with E-state index in [-0.39, 0.29) is 0 Å². The van der Waals surface area contributed by atoms with Crippen LogP contribution in [0.5, 0.6) is 0 Å². The lowest BCUT2D eigenvalue weighted by atomic mass is 10.0. The minimum absolute atomic E-state index is 1.00. The van der Waals surface area contributed by atoms with Gasteiger partial charge in [0.25, 0.3) is 0 Å². The Balaban J connectivity index is 2.61. The third kappa shape index (κ3) is 2.46. The van der Waals surface area contributed by atoms with Crippen LogP contribution in [0.3, 0.4) is 0 Å². The normalized spacial score (nSPS) is 18.0. The fraction of sp³-hybridized carbons (Fsp3) is 0.333. The van der Waals surface area contributed by atoms with Gasteiger partial charge >= 0.3 is 0 Å². The molecule has 2 heteroatoms. The quantitative estimate of drug-likeness (QED) is 0.624. The van der Waals surface area contributed by atoms with Gasteiger partial charge in [-0.05, 0) is 23.5 Å². The molecule has 1 rings (SSSR count). The van der Waals surface area contributed by atoms with Gasteiger partial charge in [-0.15, -0.1) is 0 Å². The van der Waals surface area contributed by atoms with Crippen LogP contribution in [0.1, 0.15) is 12.8 Å². The van der Waals surface area contributed by atoms with E-state index >= 15 is 0 Å². The molecule has 0 bridgehead atoms. The van der Waals surface area contributed by atoms with Crippen LogP contribution in [0.4, 0.5) is 0 Å². The van der Waals surface area contributed by atoms with Crippen LogP contribution in [-0.2, 0) is 4.74 Å². The summed E-state index contributed by atoms with van der Waals surface area (Å²) in [6, 6.07) is 0. The van der Waals surface area contributed by atoms with Crippen LogP contribution in [0, 0.1) is 0 Å². The third-order valence-electron chi connectivity index (χ3n) is 1.69. The van der Waals surface area contributed by atoms with E-state index in [2.05, 4.69) is 18.7 Å². The second-order valence-electron chi connectivity index (χ2n) is 2.39. The molecule has 0 atom stereocenters. The van der Waals surface area contributed by atoms with E-state index in [0.29, 0.717) is 0 Å². The summed E-state index contributed by atoms with van der Waals surface area (Å²) < 4.78 is 5.09. The van der Waals surface area contributed by atoms with E-state index in [1.807, 2.05) is 12.2 Å². The van der Waals surface area contributed by atoms with Crippen molar-refractivity contribution in [3.05, 3.63) is 35.0 Å². The molecule has 0 aromatic heterocycles. The topological polar surface area (TPSA) is 9.23 Å². The Hall–Kier alpha value is -0.630. The van der Waals surface area contributed by atoms with Gasteiger partial charge in [0.15, 0.2) is 0 Å². The summed E-state index contributed by atoms with van der Waals surface area (Å²) >= 11 is 4.00. The van der Waals surface area contributed by atoms with E-state index in [1.165, 1.54) is 5.57 Å². The van der Waals surface area contributed by atoms with Crippen molar-refractivity contribution in [2.75, 3.05) is 7.11 Å². The van der Waals surface area contributed by atoms with Crippen LogP contribution in [0.15, 0.2) is 35.0 Å². The molecular weight excluding hydrogens is 156 g/mol. The van der Waals surface area contributed by atoms with Crippen LogP contribution >= 0.6 is 12.6 Å². The fourth-order valence-electron chi connectivity index (χ4n) is 1.04. The summed E-state index contributed by atoms with van der Waals surface area (Å²) in [5, 5.41) is 1.76. The Bertz CT molecular complexity index is 214. The number of ether oxygens (including phenoxy) is 1. The standard InChI is InChI=1S/C9H12OS/c1-10-9-4-2-8(3-5-9)6-7-11/h2,4,6-7,11H,3,5H2,1H3/b7-6+. The minimum atomic E-state index is 1.00. The summed E-state index contributed by atoms with van der Waals surface area (Å²) in [6.45, 7) is 0. The summed E-state index contributed by atoms with van der Waals surface area (Å²) in [6.07, 6.45) is 8.13. The maximum absolute atomic E-state index is 5.09. The van der Waals surface area contributed by atoms with Crippen molar-refractivity contribution in [3.8, 4) is 0 Å². The van der Waals surface area contributed by atoms with E-state index in [9.17, 15) is 0 Å². The fourth-order valence-corrected chi connectivity index (χ4v) is 1.23. The zero-order chi connectivity index (χ0) is 8.10. The van der Waals surface area contributed by atoms with Crippen molar-refractivity contribution in [2.45, 2.75) is 12.8 Å². The molecule has 0 heterocycles. The first-order valence-electron chi connectivity index (χ1n) is 3.61. The van der Waals surface area contributed by atoms with Gasteiger partial charge in [0, 0.05) is 6.42 Å². The Labute approximate surface area is 72.9 Å². The second-order valence-corrected chi connectivity index (χ2v) is 2.69. The molecule has 0 aromatic rings. The van der Waals surface area contributed by atoms with Gasteiger partial charge in [0.2, 0.25) is 0 Å². The van der Waals surface area contributed by atoms with Crippen LogP contribution in [-0.4, -0.2) is 7.11 Å². The highest BCUT2D eigenvalue weighted by atomic mass is 32.1. The molecule has 0 radical (unpaired) electrons. The van der Waals surface area contributed by atoms with Crippen LogP contribution in [0.25, 0.3) is 0 Å². The van der Waals surface area contributed by atoms with Crippen molar-refractivity contribution < 1.29 is 4.74 Å². The predicted molar refractivity (Wildman–Crippen MR) is 50.5 cm³/mol. The van der Waals surface area contributed by atoms with Crippen molar-refractivity contribution in [1.29, 1.82) is 0 Å². The molecule has 0 spiro atoms. The number of rotatable bonds is 2. The second kappa shape index (κ2) is 4.29. The zero-order valence-corrected chi connectivity index (χ0v) is 7.47. The van der Waals surface area contributed by atoms with Crippen LogP contribution in [0.2, 0.25) is 0 Å². The van der Waals surface area contributed by atoms with Crippen LogP contribution < -0.4 is 0 Å². The predicted octanol–water partition coefficient (Wildman–Crippen LogP) is 2.68. The Kier molecular flexibility index (Phi) is 3.30. The van der Waals surface area contributed by atoms with Crippen molar-refractivity contribution in [2.24, 2.45) is 0 Å². The number of methoxy groups -OCH3 is 1. The number of allylic oxidation sites excluding steroid dienone is 5. The van der Waals surface area contributed by atoms with Crippen molar-refractivity contribution >= 4 is 12.6 Å². The summed E-state index contributed by atoms with van der Waals surface area (Å²) in [7, 11) is 1.71. The lowest BCUT2D eigenvalue weighted by Gasteiger charge is -2.10. The highest BCUT2D eigenvalue weighted by Gasteiger charge is 2.02. The molecule has 0 unspecified atom stereocenters. The SMILES string of the molecule is COC1=CC=C(/C=C/S)CC1. The third-order valence-corrected chi connectivity index (χ3v) is 1.84. The molecule has 60 valence electrons. The zero-order valence-electron chi connectivity index (χ0n) is 6.58. The largest absolute Gasteiger partial charge is 0.501 e. The van der Waals surface area contributed by atoms with Crippen molar-refractivity contribution in [3.63, 3.8) is 0 Å². The van der Waals surface area contributed by atoms with E-state index < -0.39 is 0 Å². The van der Waals surface area contributed by atoms with Gasteiger partial charge in [0.1, 0.15) is 0 Å². The number of thiol groups is 1. The van der Waals surface area contributed by atoms with Gasteiger partial charge in [-0.1, -0.05) is 12.2 Å². The molecule has 0 aromatic carbocycles. The Morgan fingerprint density at radius 3 is 2.73 bits per heavy atom. The molecule has 0 saturated heterocycles. The van der Waals surface area contributed by atoms with Crippen molar-refractivity contribution in [1.82, 2.24) is 0 Å². The number of hydrogen-bond donors (Lipinski definition) is 1. The van der Waals surface area contributed by atoms with E-state index in [1.54, 1.807) is 12.5 Å². The maximum atomic E-state index is 5.09. The molecule has 11 heavy (non-hydrogen) atoms. The molecule has 1 aliphatic rings. The minimum Gasteiger partial charge on any atom is -0.501 e. The van der Waals surface area contributed by atoms with E-state index in [4.69, 9.17) is 4.74 Å². The highest BCUT2D eigenvalue weighted by Crippen LogP contribution is 2.19. The molecular formula is C9H12OS. The summed E-state index contributed by atoms with van der Waals surface area (Å²) in [5.41, 5.74) is 1.31. The highest BCUT2D eigenvalue weighted by molar-refractivity contribution is 7.83. The summed E-state index contributed by atoms with van der Waals surface area (Å²) in [4.78, 5) is 0. The monoisotopic (exact) mass is 168 g/mol. The molecule has 0 fully saturated rings. The first-order valence-corrected chi connectivity index (χ1v) is 4.13. The Morgan fingerprint density at radius 1 is 1.45 bits per heavy atom. The maximum Gasteiger partial charge on any atom is 0.0958 e. The van der Waals surface area contributed by atoms with Gasteiger partial charge < -0.3 is 4.74 Å². The van der Waals surface area contributed by atoms with Gasteiger partial charge in [-0.2, -0.15) is 12.6 Å². The average Bonchev–Trinajstić information content (AvgIpc) is 2.07. The first kappa shape index (κ1) is 8.47. The molecule has 0 aliphatic heterocycles. The summed E-state index contributed by atoms with van der Waals surface area (Å²) in [5.74, 6) is 1.06. The lowest BCUT2D eigenvalue weighted by molar-refractivity contribution is 0.276.